The molecule has 0 atom stereocenters. The van der Waals surface area contributed by atoms with Gasteiger partial charge in [-0.05, 0) is 19.2 Å². The molecule has 156 valence electrons. The van der Waals surface area contributed by atoms with E-state index in [4.69, 9.17) is 14.9 Å². The van der Waals surface area contributed by atoms with Crippen LogP contribution in [0.1, 0.15) is 17.5 Å². The van der Waals surface area contributed by atoms with E-state index in [1.807, 2.05) is 5.32 Å². The number of halogens is 3. The van der Waals surface area contributed by atoms with Gasteiger partial charge in [0.15, 0.2) is 5.76 Å². The lowest BCUT2D eigenvalue weighted by atomic mass is 10.3. The van der Waals surface area contributed by atoms with Crippen LogP contribution in [0.2, 0.25) is 0 Å². The Kier molecular flexibility index (Phi) is 6.93. The Morgan fingerprint density at radius 3 is 2.79 bits per heavy atom. The topological polar surface area (TPSA) is 145 Å². The van der Waals surface area contributed by atoms with Crippen LogP contribution in [0.15, 0.2) is 32.5 Å². The maximum absolute atomic E-state index is 12.4. The number of hydrogen-bond acceptors (Lipinski definition) is 10. The van der Waals surface area contributed by atoms with E-state index in [1.165, 1.54) is 12.3 Å². The molecule has 2 aromatic heterocycles. The van der Waals surface area contributed by atoms with Gasteiger partial charge in [-0.25, -0.2) is 9.79 Å². The molecular formula is C15H15F3N6O4S. The number of amides is 1. The highest BCUT2D eigenvalue weighted by molar-refractivity contribution is 7.18. The number of aromatic nitrogens is 2. The summed E-state index contributed by atoms with van der Waals surface area (Å²) < 4.78 is 46.9. The third-order valence-electron chi connectivity index (χ3n) is 3.06. The number of methoxy groups -OCH3 is 1. The molecule has 0 saturated carbocycles. The number of allylic oxidation sites excluding steroid dienone is 1. The third-order valence-corrected chi connectivity index (χ3v) is 3.79. The van der Waals surface area contributed by atoms with Crippen molar-refractivity contribution in [1.29, 1.82) is 0 Å². The molecule has 2 heterocycles. The van der Waals surface area contributed by atoms with Crippen molar-refractivity contribution in [3.8, 4) is 5.75 Å². The minimum Gasteiger partial charge on any atom is -0.488 e. The van der Waals surface area contributed by atoms with E-state index in [0.29, 0.717) is 5.71 Å². The highest BCUT2D eigenvalue weighted by Gasteiger charge is 2.28. The number of alkyl halides is 3. The van der Waals surface area contributed by atoms with Crippen LogP contribution in [0.25, 0.3) is 0 Å². The quantitative estimate of drug-likeness (QED) is 0.565. The number of nitrogens with one attached hydrogen (secondary N) is 2. The van der Waals surface area contributed by atoms with E-state index < -0.39 is 35.8 Å². The van der Waals surface area contributed by atoms with Gasteiger partial charge in [-0.1, -0.05) is 11.3 Å². The minimum absolute atomic E-state index is 0.0292. The number of aliphatic imine (C=N–C) groups is 1. The van der Waals surface area contributed by atoms with Crippen molar-refractivity contribution in [3.63, 3.8) is 0 Å². The smallest absolute Gasteiger partial charge is 0.405 e. The summed E-state index contributed by atoms with van der Waals surface area (Å²) in [6.07, 6.45) is -1.73. The molecule has 0 aliphatic rings. The van der Waals surface area contributed by atoms with E-state index >= 15 is 0 Å². The summed E-state index contributed by atoms with van der Waals surface area (Å²) in [5.74, 6) is -1.98. The molecule has 0 unspecified atom stereocenters. The van der Waals surface area contributed by atoms with Crippen LogP contribution in [-0.4, -0.2) is 41.6 Å². The lowest BCUT2D eigenvalue weighted by Gasteiger charge is -2.12. The van der Waals surface area contributed by atoms with Crippen molar-refractivity contribution < 1.29 is 27.1 Å². The van der Waals surface area contributed by atoms with Crippen molar-refractivity contribution in [1.82, 2.24) is 10.2 Å². The van der Waals surface area contributed by atoms with Gasteiger partial charge in [0.25, 0.3) is 5.91 Å². The maximum atomic E-state index is 12.4. The summed E-state index contributed by atoms with van der Waals surface area (Å²) in [5, 5.41) is 12.0. The number of anilines is 2. The zero-order chi connectivity index (χ0) is 21.6. The summed E-state index contributed by atoms with van der Waals surface area (Å²) in [4.78, 5) is 28.3. The van der Waals surface area contributed by atoms with Crippen LogP contribution in [-0.2, 0) is 0 Å². The van der Waals surface area contributed by atoms with Crippen molar-refractivity contribution in [2.45, 2.75) is 13.1 Å². The van der Waals surface area contributed by atoms with Crippen LogP contribution < -0.4 is 26.7 Å². The van der Waals surface area contributed by atoms with Crippen LogP contribution in [0.4, 0.5) is 29.1 Å². The van der Waals surface area contributed by atoms with Crippen LogP contribution in [0.3, 0.4) is 0 Å². The first kappa shape index (κ1) is 21.9. The molecule has 1 amide bonds. The molecule has 0 fully saturated rings. The van der Waals surface area contributed by atoms with E-state index in [1.54, 1.807) is 6.92 Å². The standard InChI is InChI=1S/C15H15F3N6O4S/c1-7(3-4-19)21-13-23-24-14(29-13)22-11(25)9-5-8(20-6-15(16,17)18)10(27-2)12(26)28-9/h3-5,20H,6,19H2,1-2H3,(H,22,24,25)/b4-3-,21-7+. The monoisotopic (exact) mass is 432 g/mol. The van der Waals surface area contributed by atoms with E-state index in [-0.39, 0.29) is 16.0 Å². The number of ether oxygens (including phenoxy) is 1. The lowest BCUT2D eigenvalue weighted by Crippen LogP contribution is -2.23. The average molecular weight is 432 g/mol. The first-order valence-corrected chi connectivity index (χ1v) is 8.55. The molecule has 14 heteroatoms. The fourth-order valence-electron chi connectivity index (χ4n) is 1.91. The van der Waals surface area contributed by atoms with Gasteiger partial charge in [-0.15, -0.1) is 10.2 Å². The zero-order valence-corrected chi connectivity index (χ0v) is 15.8. The predicted octanol–water partition coefficient (Wildman–Crippen LogP) is 2.29. The molecule has 0 aliphatic heterocycles. The number of rotatable bonds is 7. The highest BCUT2D eigenvalue weighted by atomic mass is 32.1. The second-order valence-corrected chi connectivity index (χ2v) is 6.23. The minimum atomic E-state index is -4.55. The maximum Gasteiger partial charge on any atom is 0.405 e. The Morgan fingerprint density at radius 2 is 2.17 bits per heavy atom. The SMILES string of the molecule is COc1c(NCC(F)(F)F)cc(C(=O)Nc2nnc(/N=C(C)/C=C\N)s2)oc1=O. The van der Waals surface area contributed by atoms with Crippen LogP contribution in [0, 0.1) is 0 Å². The molecule has 0 spiro atoms. The Hall–Kier alpha value is -3.42. The average Bonchev–Trinajstić information content (AvgIpc) is 3.05. The van der Waals surface area contributed by atoms with Gasteiger partial charge in [0.1, 0.15) is 6.54 Å². The molecular weight excluding hydrogens is 417 g/mol. The number of hydrogen-bond donors (Lipinski definition) is 3. The molecule has 0 bridgehead atoms. The van der Waals surface area contributed by atoms with Gasteiger partial charge in [-0.3, -0.25) is 10.1 Å². The van der Waals surface area contributed by atoms with E-state index in [0.717, 1.165) is 24.5 Å². The van der Waals surface area contributed by atoms with Crippen LogP contribution >= 0.6 is 11.3 Å². The molecule has 2 aromatic rings. The van der Waals surface area contributed by atoms with Crippen LogP contribution in [0.5, 0.6) is 5.75 Å². The van der Waals surface area contributed by atoms with Crippen molar-refractivity contribution >= 4 is 38.9 Å². The zero-order valence-electron chi connectivity index (χ0n) is 15.0. The van der Waals surface area contributed by atoms with E-state index in [2.05, 4.69) is 20.5 Å². The van der Waals surface area contributed by atoms with Crippen molar-refractivity contribution in [3.05, 3.63) is 34.5 Å². The second-order valence-electron chi connectivity index (χ2n) is 5.27. The number of nitrogens with two attached hydrogens (primary N) is 1. The Balaban J connectivity index is 2.22. The summed E-state index contributed by atoms with van der Waals surface area (Å²) in [6, 6.07) is 0.914. The number of carbonyl (C=O) groups is 1. The van der Waals surface area contributed by atoms with Crippen molar-refractivity contribution in [2.75, 3.05) is 24.3 Å². The third kappa shape index (κ3) is 6.31. The molecule has 10 nitrogen and oxygen atoms in total. The molecule has 0 aliphatic carbocycles. The van der Waals surface area contributed by atoms with Crippen molar-refractivity contribution in [2.24, 2.45) is 10.7 Å². The first-order chi connectivity index (χ1) is 13.6. The fourth-order valence-corrected chi connectivity index (χ4v) is 2.58. The van der Waals surface area contributed by atoms with Gasteiger partial charge in [0.05, 0.1) is 12.8 Å². The number of carbonyl (C=O) groups excluding carboxylic acids is 1. The molecule has 0 aromatic carbocycles. The fraction of sp³-hybridized carbons (Fsp3) is 0.267. The summed E-state index contributed by atoms with van der Waals surface area (Å²) in [5.41, 5.74) is 4.31. The Morgan fingerprint density at radius 1 is 1.45 bits per heavy atom. The van der Waals surface area contributed by atoms with Gasteiger partial charge in [0, 0.05) is 11.8 Å². The van der Waals surface area contributed by atoms with E-state index in [9.17, 15) is 22.8 Å². The van der Waals surface area contributed by atoms with Gasteiger partial charge in [-0.2, -0.15) is 13.2 Å². The first-order valence-electron chi connectivity index (χ1n) is 7.74. The second kappa shape index (κ2) is 9.18. The normalized spacial score (nSPS) is 12.2. The van der Waals surface area contributed by atoms with Gasteiger partial charge in [0.2, 0.25) is 16.0 Å². The van der Waals surface area contributed by atoms with Gasteiger partial charge < -0.3 is 20.2 Å². The Labute approximate surface area is 165 Å². The molecule has 29 heavy (non-hydrogen) atoms. The summed E-state index contributed by atoms with van der Waals surface area (Å²) in [7, 11) is 1.08. The number of nitrogens with zero attached hydrogens (tertiary/aromatic N) is 3. The lowest BCUT2D eigenvalue weighted by molar-refractivity contribution is -0.115. The largest absolute Gasteiger partial charge is 0.488 e. The highest BCUT2D eigenvalue weighted by Crippen LogP contribution is 2.26. The molecule has 0 saturated heterocycles. The predicted molar refractivity (Wildman–Crippen MR) is 100 cm³/mol. The summed E-state index contributed by atoms with van der Waals surface area (Å²) >= 11 is 0.915. The van der Waals surface area contributed by atoms with Gasteiger partial charge >= 0.3 is 11.8 Å². The molecule has 0 radical (unpaired) electrons. The summed E-state index contributed by atoms with van der Waals surface area (Å²) in [6.45, 7) is 0.229. The molecule has 4 N–H and O–H groups in total. The molecule has 2 rings (SSSR count). The Bertz CT molecular complexity index is 999.